The van der Waals surface area contributed by atoms with Gasteiger partial charge in [-0.3, -0.25) is 19.2 Å². The first-order chi connectivity index (χ1) is 37.3. The van der Waals surface area contributed by atoms with Crippen LogP contribution in [0.1, 0.15) is 99.6 Å². The lowest BCUT2D eigenvalue weighted by Crippen LogP contribution is -2.54. The molecule has 78 heavy (non-hydrogen) atoms. The first-order valence-corrected chi connectivity index (χ1v) is 26.2. The van der Waals surface area contributed by atoms with Crippen LogP contribution >= 0.6 is 0 Å². The van der Waals surface area contributed by atoms with Gasteiger partial charge >= 0.3 is 24.4 Å². The van der Waals surface area contributed by atoms with Gasteiger partial charge in [0.05, 0.1) is 6.04 Å². The molecule has 0 heterocycles. The number of rotatable bonds is 19. The third kappa shape index (κ3) is 15.6. The highest BCUT2D eigenvalue weighted by atomic mass is 19.4. The van der Waals surface area contributed by atoms with Crippen molar-refractivity contribution in [2.24, 2.45) is 17.8 Å². The predicted octanol–water partition coefficient (Wildman–Crippen LogP) is 12.7. The summed E-state index contributed by atoms with van der Waals surface area (Å²) in [6.45, 7) is 10.5. The number of Topliss-reactive ketones (excluding diaryl/α,β-unsaturated/α-hetero) is 2. The molecule has 0 aliphatic heterocycles. The average Bonchev–Trinajstić information content (AvgIpc) is 3.97. The number of carbonyl (C=O) groups excluding carboxylic acids is 6. The maximum atomic E-state index is 13.2. The Balaban J connectivity index is 0.000000208. The smallest absolute Gasteiger partial charge is 0.449 e. The van der Waals surface area contributed by atoms with Crippen LogP contribution in [0.15, 0.2) is 158 Å². The number of alkyl carbamates (subject to hydrolysis) is 2. The number of benzene rings is 6. The highest BCUT2D eigenvalue weighted by Crippen LogP contribution is 2.46. The van der Waals surface area contributed by atoms with Gasteiger partial charge in [-0.2, -0.15) is 17.6 Å². The van der Waals surface area contributed by atoms with E-state index in [-0.39, 0.29) is 55.0 Å². The van der Waals surface area contributed by atoms with Crippen molar-refractivity contribution < 1.29 is 55.8 Å². The van der Waals surface area contributed by atoms with Crippen LogP contribution in [-0.4, -0.2) is 73.2 Å². The van der Waals surface area contributed by atoms with Crippen LogP contribution in [0.5, 0.6) is 0 Å². The van der Waals surface area contributed by atoms with E-state index >= 15 is 0 Å². The number of halogens is 4. The number of alkyl halides is 3. The fourth-order valence-electron chi connectivity index (χ4n) is 9.64. The number of amides is 3. The van der Waals surface area contributed by atoms with Crippen molar-refractivity contribution in [1.29, 1.82) is 0 Å². The van der Waals surface area contributed by atoms with Gasteiger partial charge in [0.15, 0.2) is 5.78 Å². The van der Waals surface area contributed by atoms with E-state index in [9.17, 15) is 46.3 Å². The van der Waals surface area contributed by atoms with Gasteiger partial charge in [0.2, 0.25) is 11.7 Å². The Morgan fingerprint density at radius 3 is 1.21 bits per heavy atom. The molecule has 8 rings (SSSR count). The largest absolute Gasteiger partial charge is 0.450 e. The summed E-state index contributed by atoms with van der Waals surface area (Å²) in [6.07, 6.45) is -4.39. The molecule has 0 bridgehead atoms. The molecule has 0 saturated carbocycles. The fourth-order valence-corrected chi connectivity index (χ4v) is 9.64. The number of hydrogen-bond donors (Lipinski definition) is 3. The van der Waals surface area contributed by atoms with Gasteiger partial charge in [0.25, 0.3) is 0 Å². The molecule has 6 atom stereocenters. The third-order valence-corrected chi connectivity index (χ3v) is 14.4. The first kappa shape index (κ1) is 59.3. The molecule has 0 fully saturated rings. The monoisotopic (exact) mass is 1070 g/mol. The summed E-state index contributed by atoms with van der Waals surface area (Å²) in [6, 6.07) is 46.3. The van der Waals surface area contributed by atoms with Gasteiger partial charge in [-0.15, -0.1) is 0 Å². The molecule has 6 aromatic carbocycles. The van der Waals surface area contributed by atoms with Crippen molar-refractivity contribution in [3.05, 3.63) is 191 Å². The van der Waals surface area contributed by atoms with Crippen LogP contribution < -0.4 is 16.0 Å². The van der Waals surface area contributed by atoms with E-state index in [1.165, 1.54) is 13.8 Å². The molecule has 6 aromatic rings. The van der Waals surface area contributed by atoms with Crippen LogP contribution in [0, 0.1) is 17.8 Å². The first-order valence-electron chi connectivity index (χ1n) is 26.2. The average molecular weight is 1070 g/mol. The van der Waals surface area contributed by atoms with Gasteiger partial charge in [-0.25, -0.2) is 9.59 Å². The molecular formula is C63H67F4N3O8. The summed E-state index contributed by atoms with van der Waals surface area (Å²) >= 11 is 0. The van der Waals surface area contributed by atoms with E-state index in [4.69, 9.17) is 9.47 Å². The maximum Gasteiger partial charge on any atom is 0.450 e. The molecule has 0 spiro atoms. The molecule has 3 unspecified atom stereocenters. The van der Waals surface area contributed by atoms with E-state index < -0.39 is 54.2 Å². The molecule has 2 aliphatic rings. The SMILES string of the molecule is CCC(C)C(NC(=O)OCC1c2ccccc2-c2ccccc21)C(=O)F.CCC(C)[C@H](NC(=O)OCC1c2ccccc2-c2ccccc21)C(=O)N[C@@H](Cc1ccccc1)C(C)=O.C[C@@H](Cc1ccccc1)C(=O)C(F)(F)F. The Bertz CT molecular complexity index is 2920. The van der Waals surface area contributed by atoms with Crippen LogP contribution in [0.25, 0.3) is 22.3 Å². The van der Waals surface area contributed by atoms with E-state index in [1.54, 1.807) is 37.3 Å². The zero-order valence-corrected chi connectivity index (χ0v) is 44.7. The highest BCUT2D eigenvalue weighted by molar-refractivity contribution is 5.92. The Morgan fingerprint density at radius 2 is 0.846 bits per heavy atom. The molecule has 2 aliphatic carbocycles. The minimum absolute atomic E-state index is 0.0676. The summed E-state index contributed by atoms with van der Waals surface area (Å²) in [7, 11) is 0. The Kier molecular flexibility index (Phi) is 21.2. The molecule has 11 nitrogen and oxygen atoms in total. The zero-order chi connectivity index (χ0) is 56.5. The maximum absolute atomic E-state index is 13.2. The van der Waals surface area contributed by atoms with Crippen LogP contribution in [0.3, 0.4) is 0 Å². The molecule has 3 amide bonds. The minimum Gasteiger partial charge on any atom is -0.449 e. The van der Waals surface area contributed by atoms with Gasteiger partial charge in [0.1, 0.15) is 25.3 Å². The molecular weight excluding hydrogens is 1000 g/mol. The Hall–Kier alpha value is -7.94. The number of nitrogens with one attached hydrogen (secondary N) is 3. The van der Waals surface area contributed by atoms with Gasteiger partial charge < -0.3 is 25.4 Å². The lowest BCUT2D eigenvalue weighted by atomic mass is 9.97. The van der Waals surface area contributed by atoms with Crippen molar-refractivity contribution >= 4 is 35.7 Å². The molecule has 410 valence electrons. The molecule has 0 saturated heterocycles. The van der Waals surface area contributed by atoms with E-state index in [1.807, 2.05) is 112 Å². The lowest BCUT2D eigenvalue weighted by Gasteiger charge is -2.26. The van der Waals surface area contributed by atoms with Gasteiger partial charge in [-0.05, 0) is 87.2 Å². The van der Waals surface area contributed by atoms with Crippen molar-refractivity contribution in [3.8, 4) is 22.3 Å². The number of fused-ring (bicyclic) bond motifs is 6. The normalized spacial score (nSPS) is 14.5. The van der Waals surface area contributed by atoms with Crippen molar-refractivity contribution in [1.82, 2.24) is 16.0 Å². The second-order valence-electron chi connectivity index (χ2n) is 19.8. The predicted molar refractivity (Wildman–Crippen MR) is 292 cm³/mol. The van der Waals surface area contributed by atoms with Gasteiger partial charge in [0, 0.05) is 17.8 Å². The summed E-state index contributed by atoms with van der Waals surface area (Å²) in [4.78, 5) is 72.5. The van der Waals surface area contributed by atoms with E-state index in [0.29, 0.717) is 19.3 Å². The fraction of sp³-hybridized carbons (Fsp3) is 0.333. The number of hydrogen-bond acceptors (Lipinski definition) is 8. The van der Waals surface area contributed by atoms with Crippen LogP contribution in [0.2, 0.25) is 0 Å². The quantitative estimate of drug-likeness (QED) is 0.0534. The third-order valence-electron chi connectivity index (χ3n) is 14.4. The second-order valence-corrected chi connectivity index (χ2v) is 19.8. The number of ether oxygens (including phenoxy) is 2. The highest BCUT2D eigenvalue weighted by Gasteiger charge is 2.41. The summed E-state index contributed by atoms with van der Waals surface area (Å²) in [5.74, 6) is -3.80. The van der Waals surface area contributed by atoms with E-state index in [2.05, 4.69) is 52.3 Å². The topological polar surface area (TPSA) is 157 Å². The van der Waals surface area contributed by atoms with Crippen molar-refractivity contribution in [3.63, 3.8) is 0 Å². The second kappa shape index (κ2) is 27.9. The lowest BCUT2D eigenvalue weighted by molar-refractivity contribution is -0.175. The summed E-state index contributed by atoms with van der Waals surface area (Å²) in [5, 5.41) is 7.97. The molecule has 3 N–H and O–H groups in total. The Morgan fingerprint density at radius 1 is 0.500 bits per heavy atom. The molecule has 15 heteroatoms. The Labute approximate surface area is 453 Å². The van der Waals surface area contributed by atoms with Crippen LogP contribution in [-0.2, 0) is 41.5 Å². The summed E-state index contributed by atoms with van der Waals surface area (Å²) < 4.78 is 60.4. The number of ketones is 2. The van der Waals surface area contributed by atoms with Gasteiger partial charge in [-0.1, -0.05) is 205 Å². The standard InChI is InChI=1S/C31H34N2O4.C21H22FNO3.C11H11F3O/c1-4-20(2)29(30(35)32-28(21(3)34)18-22-12-6-5-7-13-22)33-31(36)37-19-27-25-16-10-8-14-23(25)24-15-9-11-17-26(24)27;1-3-13(2)19(20(22)24)23-21(25)26-12-18-16-10-6-4-8-14(16)15-9-5-7-11-17(15)18;1-8(10(15)11(12,13)14)7-9-5-3-2-4-6-9/h5-17,20,27-29H,4,18-19H2,1-3H3,(H,32,35)(H,33,36);4-11,13,18-19H,3,12H2,1-2H3,(H,23,25);2-6,8H,7H2,1H3/t20?,28-,29-;;8-/m0.0/s1. The zero-order valence-electron chi connectivity index (χ0n) is 44.7. The van der Waals surface area contributed by atoms with Crippen molar-refractivity contribution in [2.75, 3.05) is 13.2 Å². The minimum atomic E-state index is -4.73. The van der Waals surface area contributed by atoms with E-state index in [0.717, 1.165) is 55.6 Å². The number of carbonyl (C=O) groups is 6. The van der Waals surface area contributed by atoms with Crippen LogP contribution in [0.4, 0.5) is 27.2 Å². The summed E-state index contributed by atoms with van der Waals surface area (Å²) in [5.41, 5.74) is 10.7. The molecule has 0 radical (unpaired) electrons. The molecule has 0 aromatic heterocycles. The van der Waals surface area contributed by atoms with Crippen molar-refractivity contribution in [2.45, 2.75) is 103 Å².